The van der Waals surface area contributed by atoms with E-state index in [-0.39, 0.29) is 0 Å². The molecule has 0 spiro atoms. The third kappa shape index (κ3) is 2.80. The first-order valence-corrected chi connectivity index (χ1v) is 6.13. The summed E-state index contributed by atoms with van der Waals surface area (Å²) in [4.78, 5) is 0. The Morgan fingerprint density at radius 1 is 0.941 bits per heavy atom. The molecule has 0 unspecified atom stereocenters. The average molecular weight is 247 g/mol. The van der Waals surface area contributed by atoms with Crippen molar-refractivity contribution in [1.82, 2.24) is 0 Å². The summed E-state index contributed by atoms with van der Waals surface area (Å²) in [5.41, 5.74) is 3.35. The minimum atomic E-state index is 0.533. The van der Waals surface area contributed by atoms with E-state index in [0.717, 1.165) is 28.2 Å². The number of benzene rings is 2. The molecule has 0 saturated carbocycles. The quantitative estimate of drug-likeness (QED) is 0.705. The first-order chi connectivity index (χ1) is 8.20. The highest BCUT2D eigenvalue weighted by molar-refractivity contribution is 6.17. The second kappa shape index (κ2) is 5.24. The number of rotatable bonds is 3. The van der Waals surface area contributed by atoms with E-state index in [1.165, 1.54) is 0 Å². The zero-order chi connectivity index (χ0) is 12.3. The molecular formula is C15H15ClO. The van der Waals surface area contributed by atoms with Gasteiger partial charge >= 0.3 is 0 Å². The number of aryl methyl sites for hydroxylation is 2. The molecule has 1 nitrogen and oxygen atoms in total. The van der Waals surface area contributed by atoms with Crippen molar-refractivity contribution in [3.63, 3.8) is 0 Å². The molecule has 17 heavy (non-hydrogen) atoms. The van der Waals surface area contributed by atoms with Gasteiger partial charge in [-0.3, -0.25) is 0 Å². The normalized spacial score (nSPS) is 10.3. The highest BCUT2D eigenvalue weighted by Crippen LogP contribution is 2.28. The number of ether oxygens (including phenoxy) is 1. The summed E-state index contributed by atoms with van der Waals surface area (Å²) in [6, 6.07) is 14.0. The molecule has 2 rings (SSSR count). The van der Waals surface area contributed by atoms with Crippen LogP contribution in [0.1, 0.15) is 16.7 Å². The molecule has 0 amide bonds. The SMILES string of the molecule is Cc1ccccc1Oc1ccc(CCl)cc1C. The van der Waals surface area contributed by atoms with Crippen LogP contribution in [0, 0.1) is 13.8 Å². The van der Waals surface area contributed by atoms with E-state index in [1.807, 2.05) is 50.2 Å². The Morgan fingerprint density at radius 3 is 2.29 bits per heavy atom. The van der Waals surface area contributed by atoms with Crippen molar-refractivity contribution in [2.45, 2.75) is 19.7 Å². The van der Waals surface area contributed by atoms with Crippen LogP contribution in [0.3, 0.4) is 0 Å². The van der Waals surface area contributed by atoms with Crippen molar-refractivity contribution in [2.75, 3.05) is 0 Å². The molecule has 2 heteroatoms. The van der Waals surface area contributed by atoms with Crippen molar-refractivity contribution in [2.24, 2.45) is 0 Å². The van der Waals surface area contributed by atoms with Crippen molar-refractivity contribution in [1.29, 1.82) is 0 Å². The number of alkyl halides is 1. The fraction of sp³-hybridized carbons (Fsp3) is 0.200. The van der Waals surface area contributed by atoms with E-state index in [0.29, 0.717) is 5.88 Å². The Labute approximate surface area is 107 Å². The number of halogens is 1. The standard InChI is InChI=1S/C15H15ClO/c1-11-5-3-4-6-14(11)17-15-8-7-13(10-16)9-12(15)2/h3-9H,10H2,1-2H3. The minimum Gasteiger partial charge on any atom is -0.457 e. The highest BCUT2D eigenvalue weighted by atomic mass is 35.5. The van der Waals surface area contributed by atoms with Gasteiger partial charge in [0, 0.05) is 5.88 Å². The monoisotopic (exact) mass is 246 g/mol. The first-order valence-electron chi connectivity index (χ1n) is 5.59. The summed E-state index contributed by atoms with van der Waals surface area (Å²) < 4.78 is 5.90. The fourth-order valence-electron chi connectivity index (χ4n) is 1.70. The predicted octanol–water partition coefficient (Wildman–Crippen LogP) is 4.83. The molecule has 0 fully saturated rings. The number of para-hydroxylation sites is 1. The molecule has 2 aromatic carbocycles. The van der Waals surface area contributed by atoms with Crippen molar-refractivity contribution >= 4 is 11.6 Å². The third-order valence-electron chi connectivity index (χ3n) is 2.71. The maximum absolute atomic E-state index is 5.90. The lowest BCUT2D eigenvalue weighted by atomic mass is 10.1. The summed E-state index contributed by atoms with van der Waals surface area (Å²) in [5, 5.41) is 0. The van der Waals surface area contributed by atoms with Crippen molar-refractivity contribution in [3.8, 4) is 11.5 Å². The summed E-state index contributed by atoms with van der Waals surface area (Å²) in [7, 11) is 0. The number of hydrogen-bond donors (Lipinski definition) is 0. The Morgan fingerprint density at radius 2 is 1.65 bits per heavy atom. The van der Waals surface area contributed by atoms with Crippen LogP contribution < -0.4 is 4.74 Å². The third-order valence-corrected chi connectivity index (χ3v) is 3.02. The van der Waals surface area contributed by atoms with E-state index in [9.17, 15) is 0 Å². The van der Waals surface area contributed by atoms with Gasteiger partial charge in [-0.25, -0.2) is 0 Å². The van der Waals surface area contributed by atoms with Crippen LogP contribution in [0.15, 0.2) is 42.5 Å². The molecule has 88 valence electrons. The van der Waals surface area contributed by atoms with Crippen LogP contribution >= 0.6 is 11.6 Å². The van der Waals surface area contributed by atoms with Gasteiger partial charge in [-0.1, -0.05) is 30.3 Å². The van der Waals surface area contributed by atoms with Crippen LogP contribution in [0.2, 0.25) is 0 Å². The van der Waals surface area contributed by atoms with Gasteiger partial charge < -0.3 is 4.74 Å². The number of hydrogen-bond acceptors (Lipinski definition) is 1. The van der Waals surface area contributed by atoms with E-state index in [4.69, 9.17) is 16.3 Å². The summed E-state index contributed by atoms with van der Waals surface area (Å²) in [5.74, 6) is 2.31. The molecular weight excluding hydrogens is 232 g/mol. The zero-order valence-corrected chi connectivity index (χ0v) is 10.8. The molecule has 0 aliphatic rings. The first kappa shape index (κ1) is 12.0. The van der Waals surface area contributed by atoms with Crippen LogP contribution in [0.5, 0.6) is 11.5 Å². The van der Waals surface area contributed by atoms with Gasteiger partial charge in [-0.2, -0.15) is 0 Å². The molecule has 2 aromatic rings. The van der Waals surface area contributed by atoms with Crippen molar-refractivity contribution < 1.29 is 4.74 Å². The fourth-order valence-corrected chi connectivity index (χ4v) is 1.86. The van der Waals surface area contributed by atoms with Crippen molar-refractivity contribution in [3.05, 3.63) is 59.2 Å². The summed E-state index contributed by atoms with van der Waals surface area (Å²) >= 11 is 5.80. The molecule has 0 aliphatic heterocycles. The molecule has 0 aliphatic carbocycles. The van der Waals surface area contributed by atoms with Crippen LogP contribution in [-0.4, -0.2) is 0 Å². The largest absolute Gasteiger partial charge is 0.457 e. The molecule has 0 radical (unpaired) electrons. The summed E-state index contributed by atoms with van der Waals surface area (Å²) in [6.07, 6.45) is 0. The van der Waals surface area contributed by atoms with Gasteiger partial charge in [0.15, 0.2) is 0 Å². The second-order valence-corrected chi connectivity index (χ2v) is 4.37. The average Bonchev–Trinajstić information content (AvgIpc) is 2.34. The molecule has 0 saturated heterocycles. The van der Waals surface area contributed by atoms with Crippen LogP contribution in [-0.2, 0) is 5.88 Å². The van der Waals surface area contributed by atoms with Gasteiger partial charge in [-0.15, -0.1) is 11.6 Å². The van der Waals surface area contributed by atoms with E-state index in [1.54, 1.807) is 0 Å². The van der Waals surface area contributed by atoms with E-state index >= 15 is 0 Å². The van der Waals surface area contributed by atoms with E-state index < -0.39 is 0 Å². The Hall–Kier alpha value is -1.47. The Bertz CT molecular complexity index is 520. The maximum Gasteiger partial charge on any atom is 0.130 e. The summed E-state index contributed by atoms with van der Waals surface area (Å²) in [6.45, 7) is 4.07. The minimum absolute atomic E-state index is 0.533. The Kier molecular flexibility index (Phi) is 3.70. The smallest absolute Gasteiger partial charge is 0.130 e. The van der Waals surface area contributed by atoms with Gasteiger partial charge in [0.2, 0.25) is 0 Å². The molecule has 0 N–H and O–H groups in total. The van der Waals surface area contributed by atoms with Gasteiger partial charge in [0.05, 0.1) is 0 Å². The molecule has 0 atom stereocenters. The van der Waals surface area contributed by atoms with Crippen LogP contribution in [0.4, 0.5) is 0 Å². The topological polar surface area (TPSA) is 9.23 Å². The van der Waals surface area contributed by atoms with Gasteiger partial charge in [-0.05, 0) is 42.7 Å². The van der Waals surface area contributed by atoms with Crippen LogP contribution in [0.25, 0.3) is 0 Å². The lowest BCUT2D eigenvalue weighted by Crippen LogP contribution is -1.91. The Balaban J connectivity index is 2.28. The lowest BCUT2D eigenvalue weighted by molar-refractivity contribution is 0.475. The zero-order valence-electron chi connectivity index (χ0n) is 10.0. The molecule has 0 aromatic heterocycles. The predicted molar refractivity (Wildman–Crippen MR) is 72.0 cm³/mol. The highest BCUT2D eigenvalue weighted by Gasteiger charge is 2.04. The molecule has 0 bridgehead atoms. The van der Waals surface area contributed by atoms with Gasteiger partial charge in [0.25, 0.3) is 0 Å². The van der Waals surface area contributed by atoms with E-state index in [2.05, 4.69) is 6.07 Å². The maximum atomic E-state index is 5.90. The second-order valence-electron chi connectivity index (χ2n) is 4.10. The van der Waals surface area contributed by atoms with Gasteiger partial charge in [0.1, 0.15) is 11.5 Å². The lowest BCUT2D eigenvalue weighted by Gasteiger charge is -2.11. The molecule has 0 heterocycles.